The molecule has 2 aromatic heterocycles. The fourth-order valence-corrected chi connectivity index (χ4v) is 3.51. The third kappa shape index (κ3) is 4.70. The molecule has 0 saturated heterocycles. The number of carbonyl (C=O) groups is 1. The van der Waals surface area contributed by atoms with Crippen LogP contribution in [0.3, 0.4) is 0 Å². The first-order valence-electron chi connectivity index (χ1n) is 7.21. The molecule has 0 aromatic carbocycles. The van der Waals surface area contributed by atoms with Crippen molar-refractivity contribution >= 4 is 42.1 Å². The van der Waals surface area contributed by atoms with Gasteiger partial charge in [0.25, 0.3) is 5.91 Å². The molecular weight excluding hydrogens is 357 g/mol. The summed E-state index contributed by atoms with van der Waals surface area (Å²) in [6.45, 7) is 1.91. The molecule has 2 aromatic rings. The number of aromatic nitrogens is 1. The molecule has 0 bridgehead atoms. The highest BCUT2D eigenvalue weighted by molar-refractivity contribution is 7.15. The van der Waals surface area contributed by atoms with E-state index in [9.17, 15) is 4.79 Å². The number of nitrogens with one attached hydrogen (secondary N) is 1. The highest BCUT2D eigenvalue weighted by Gasteiger charge is 2.23. The van der Waals surface area contributed by atoms with Crippen LogP contribution in [0, 0.1) is 6.92 Å². The van der Waals surface area contributed by atoms with Crippen LogP contribution in [0.15, 0.2) is 22.8 Å². The highest BCUT2D eigenvalue weighted by Crippen LogP contribution is 2.28. The summed E-state index contributed by atoms with van der Waals surface area (Å²) in [6, 6.07) is 4.16. The van der Waals surface area contributed by atoms with Gasteiger partial charge in [-0.15, -0.1) is 36.2 Å². The molecule has 3 N–H and O–H groups in total. The maximum absolute atomic E-state index is 12.4. The zero-order valence-corrected chi connectivity index (χ0v) is 15.2. The Hall–Kier alpha value is -1.08. The van der Waals surface area contributed by atoms with Gasteiger partial charge in [0, 0.05) is 17.0 Å². The number of nitrogens with two attached hydrogens (primary N) is 1. The lowest BCUT2D eigenvalue weighted by molar-refractivity contribution is 0.0921. The van der Waals surface area contributed by atoms with Crippen molar-refractivity contribution < 1.29 is 9.21 Å². The van der Waals surface area contributed by atoms with Gasteiger partial charge in [0.15, 0.2) is 10.8 Å². The Kier molecular flexibility index (Phi) is 7.54. The van der Waals surface area contributed by atoms with Crippen LogP contribution in [0.1, 0.15) is 41.0 Å². The molecule has 1 saturated carbocycles. The lowest BCUT2D eigenvalue weighted by atomic mass is 9.92. The average molecular weight is 378 g/mol. The molecule has 3 rings (SSSR count). The van der Waals surface area contributed by atoms with E-state index >= 15 is 0 Å². The van der Waals surface area contributed by atoms with Crippen LogP contribution in [0.5, 0.6) is 0 Å². The molecule has 23 heavy (non-hydrogen) atoms. The Morgan fingerprint density at radius 3 is 2.65 bits per heavy atom. The predicted molar refractivity (Wildman–Crippen MR) is 96.7 cm³/mol. The van der Waals surface area contributed by atoms with Crippen molar-refractivity contribution in [1.82, 2.24) is 10.3 Å². The van der Waals surface area contributed by atoms with Crippen molar-refractivity contribution in [2.45, 2.75) is 44.7 Å². The molecule has 1 fully saturated rings. The lowest BCUT2D eigenvalue weighted by Crippen LogP contribution is -2.40. The van der Waals surface area contributed by atoms with Crippen molar-refractivity contribution in [3.8, 4) is 10.8 Å². The van der Waals surface area contributed by atoms with Crippen LogP contribution in [0.4, 0.5) is 0 Å². The summed E-state index contributed by atoms with van der Waals surface area (Å²) < 4.78 is 5.33. The van der Waals surface area contributed by atoms with Crippen LogP contribution >= 0.6 is 36.2 Å². The number of nitrogens with zero attached hydrogens (tertiary/aromatic N) is 1. The van der Waals surface area contributed by atoms with Gasteiger partial charge in [0.1, 0.15) is 5.69 Å². The maximum atomic E-state index is 12.4. The van der Waals surface area contributed by atoms with E-state index in [1.54, 1.807) is 6.26 Å². The van der Waals surface area contributed by atoms with Crippen LogP contribution in [-0.4, -0.2) is 23.0 Å². The summed E-state index contributed by atoms with van der Waals surface area (Å²) in [6.07, 6.45) is 5.44. The molecule has 0 radical (unpaired) electrons. The maximum Gasteiger partial charge on any atom is 0.271 e. The lowest BCUT2D eigenvalue weighted by Gasteiger charge is -2.26. The first kappa shape index (κ1) is 20.0. The van der Waals surface area contributed by atoms with E-state index in [0.29, 0.717) is 11.5 Å². The second-order valence-corrected chi connectivity index (χ2v) is 6.69. The van der Waals surface area contributed by atoms with Crippen molar-refractivity contribution in [2.24, 2.45) is 5.73 Å². The summed E-state index contributed by atoms with van der Waals surface area (Å²) in [7, 11) is 0. The van der Waals surface area contributed by atoms with E-state index in [0.717, 1.165) is 35.6 Å². The molecule has 128 valence electrons. The molecule has 0 aliphatic heterocycles. The molecule has 5 nitrogen and oxygen atoms in total. The number of hydrogen-bond acceptors (Lipinski definition) is 5. The van der Waals surface area contributed by atoms with Gasteiger partial charge in [-0.1, -0.05) is 0 Å². The minimum atomic E-state index is -0.0953. The Balaban J connectivity index is 0.00000132. The van der Waals surface area contributed by atoms with Crippen molar-refractivity contribution in [2.75, 3.05) is 0 Å². The van der Waals surface area contributed by atoms with E-state index in [1.807, 2.05) is 19.1 Å². The van der Waals surface area contributed by atoms with Gasteiger partial charge in [-0.3, -0.25) is 4.79 Å². The highest BCUT2D eigenvalue weighted by atomic mass is 35.5. The minimum Gasteiger partial charge on any atom is -0.462 e. The second kappa shape index (κ2) is 8.68. The number of amides is 1. The monoisotopic (exact) mass is 377 g/mol. The number of halogens is 2. The van der Waals surface area contributed by atoms with Gasteiger partial charge in [0.2, 0.25) is 0 Å². The average Bonchev–Trinajstić information content (AvgIpc) is 3.10. The van der Waals surface area contributed by atoms with Crippen molar-refractivity contribution in [3.05, 3.63) is 29.0 Å². The number of rotatable bonds is 3. The first-order chi connectivity index (χ1) is 10.1. The van der Waals surface area contributed by atoms with Gasteiger partial charge >= 0.3 is 0 Å². The Labute approximate surface area is 151 Å². The zero-order chi connectivity index (χ0) is 14.8. The van der Waals surface area contributed by atoms with Crippen molar-refractivity contribution in [3.63, 3.8) is 0 Å². The van der Waals surface area contributed by atoms with Crippen LogP contribution in [0.2, 0.25) is 0 Å². The standard InChI is InChI=1S/C15H19N3O2S.2ClH/c1-9-13(18-15(21-9)12-3-2-8-20-12)14(19)17-11-6-4-10(16)5-7-11;;/h2-3,8,10-11H,4-7,16H2,1H3,(H,17,19);2*1H. The molecule has 8 heteroatoms. The van der Waals surface area contributed by atoms with Gasteiger partial charge in [-0.25, -0.2) is 4.98 Å². The first-order valence-corrected chi connectivity index (χ1v) is 8.03. The van der Waals surface area contributed by atoms with E-state index in [4.69, 9.17) is 10.2 Å². The number of carbonyl (C=O) groups excluding carboxylic acids is 1. The minimum absolute atomic E-state index is 0. The van der Waals surface area contributed by atoms with E-state index in [2.05, 4.69) is 10.3 Å². The number of aryl methyl sites for hydroxylation is 1. The summed E-state index contributed by atoms with van der Waals surface area (Å²) in [4.78, 5) is 17.7. The van der Waals surface area contributed by atoms with Crippen LogP contribution < -0.4 is 11.1 Å². The third-order valence-corrected chi connectivity index (χ3v) is 4.84. The summed E-state index contributed by atoms with van der Waals surface area (Å²) >= 11 is 1.48. The largest absolute Gasteiger partial charge is 0.462 e. The fourth-order valence-electron chi connectivity index (χ4n) is 2.63. The van der Waals surface area contributed by atoms with Gasteiger partial charge in [-0.2, -0.15) is 0 Å². The van der Waals surface area contributed by atoms with E-state index in [-0.39, 0.29) is 42.8 Å². The summed E-state index contributed by atoms with van der Waals surface area (Å²) in [5.74, 6) is 0.604. The SMILES string of the molecule is Cc1sc(-c2ccco2)nc1C(=O)NC1CCC(N)CC1.Cl.Cl. The number of thiazole rings is 1. The van der Waals surface area contributed by atoms with Crippen molar-refractivity contribution in [1.29, 1.82) is 0 Å². The van der Waals surface area contributed by atoms with Crippen LogP contribution in [-0.2, 0) is 0 Å². The topological polar surface area (TPSA) is 81.2 Å². The molecule has 0 atom stereocenters. The molecule has 2 heterocycles. The smallest absolute Gasteiger partial charge is 0.271 e. The van der Waals surface area contributed by atoms with Crippen LogP contribution in [0.25, 0.3) is 10.8 Å². The van der Waals surface area contributed by atoms with E-state index in [1.165, 1.54) is 11.3 Å². The molecular formula is C15H21Cl2N3O2S. The fraction of sp³-hybridized carbons (Fsp3) is 0.467. The molecule has 0 unspecified atom stereocenters. The Morgan fingerprint density at radius 1 is 1.35 bits per heavy atom. The molecule has 0 spiro atoms. The van der Waals surface area contributed by atoms with Gasteiger partial charge < -0.3 is 15.5 Å². The number of hydrogen-bond donors (Lipinski definition) is 2. The molecule has 1 aliphatic carbocycles. The van der Waals surface area contributed by atoms with Gasteiger partial charge in [-0.05, 0) is 44.7 Å². The zero-order valence-electron chi connectivity index (χ0n) is 12.8. The Bertz CT molecular complexity index is 623. The molecule has 1 amide bonds. The Morgan fingerprint density at radius 2 is 2.04 bits per heavy atom. The van der Waals surface area contributed by atoms with Gasteiger partial charge in [0.05, 0.1) is 6.26 Å². The molecule has 1 aliphatic rings. The third-order valence-electron chi connectivity index (χ3n) is 3.85. The quantitative estimate of drug-likeness (QED) is 0.856. The summed E-state index contributed by atoms with van der Waals surface area (Å²) in [5.41, 5.74) is 6.39. The predicted octanol–water partition coefficient (Wildman–Crippen LogP) is 3.55. The van der Waals surface area contributed by atoms with E-state index < -0.39 is 0 Å². The normalized spacial score (nSPS) is 20.3. The number of furan rings is 1. The summed E-state index contributed by atoms with van der Waals surface area (Å²) in [5, 5.41) is 3.82. The second-order valence-electron chi connectivity index (χ2n) is 5.49.